The summed E-state index contributed by atoms with van der Waals surface area (Å²) in [6.07, 6.45) is 7.58. The first-order chi connectivity index (χ1) is 9.22. The number of piperidine rings is 1. The zero-order valence-corrected chi connectivity index (χ0v) is 12.1. The molecule has 0 spiro atoms. The predicted molar refractivity (Wildman–Crippen MR) is 78.0 cm³/mol. The number of rotatable bonds is 4. The molecule has 2 bridgehead atoms. The summed E-state index contributed by atoms with van der Waals surface area (Å²) in [6.45, 7) is 4.15. The van der Waals surface area contributed by atoms with E-state index < -0.39 is 0 Å². The van der Waals surface area contributed by atoms with Crippen LogP contribution >= 0.6 is 0 Å². The highest BCUT2D eigenvalue weighted by atomic mass is 15.2. The summed E-state index contributed by atoms with van der Waals surface area (Å²) in [4.78, 5) is 6.95. The Morgan fingerprint density at radius 1 is 1.26 bits per heavy atom. The molecule has 0 saturated carbocycles. The van der Waals surface area contributed by atoms with Crippen molar-refractivity contribution in [2.75, 3.05) is 13.6 Å². The third-order valence-electron chi connectivity index (χ3n) is 4.93. The summed E-state index contributed by atoms with van der Waals surface area (Å²) in [5, 5.41) is 3.62. The molecule has 1 N–H and O–H groups in total. The van der Waals surface area contributed by atoms with Gasteiger partial charge in [-0.2, -0.15) is 0 Å². The van der Waals surface area contributed by atoms with Crippen LogP contribution in [0.3, 0.4) is 0 Å². The first kappa shape index (κ1) is 13.1. The van der Waals surface area contributed by atoms with Crippen LogP contribution in [0.1, 0.15) is 36.9 Å². The lowest BCUT2D eigenvalue weighted by molar-refractivity contribution is 0.133. The number of aryl methyl sites for hydroxylation is 1. The smallest absolute Gasteiger partial charge is 0.0372 e. The molecule has 3 heterocycles. The van der Waals surface area contributed by atoms with E-state index in [0.29, 0.717) is 0 Å². The Labute approximate surface area is 116 Å². The average Bonchev–Trinajstić information content (AvgIpc) is 2.64. The van der Waals surface area contributed by atoms with Crippen molar-refractivity contribution < 1.29 is 0 Å². The topological polar surface area (TPSA) is 28.2 Å². The van der Waals surface area contributed by atoms with Crippen LogP contribution in [0, 0.1) is 12.8 Å². The molecule has 3 heteroatoms. The van der Waals surface area contributed by atoms with Crippen molar-refractivity contribution in [1.29, 1.82) is 0 Å². The highest BCUT2D eigenvalue weighted by molar-refractivity contribution is 5.12. The van der Waals surface area contributed by atoms with Crippen LogP contribution in [0.15, 0.2) is 18.3 Å². The van der Waals surface area contributed by atoms with Crippen LogP contribution in [0.25, 0.3) is 0 Å². The zero-order valence-electron chi connectivity index (χ0n) is 12.1. The molecule has 1 aromatic rings. The molecule has 2 atom stereocenters. The summed E-state index contributed by atoms with van der Waals surface area (Å²) in [5.41, 5.74) is 2.39. The minimum absolute atomic E-state index is 0.853. The zero-order chi connectivity index (χ0) is 13.2. The van der Waals surface area contributed by atoms with E-state index in [1.165, 1.54) is 31.2 Å². The molecule has 19 heavy (non-hydrogen) atoms. The number of fused-ring (bicyclic) bond motifs is 2. The van der Waals surface area contributed by atoms with Gasteiger partial charge in [-0.1, -0.05) is 6.07 Å². The fourth-order valence-corrected chi connectivity index (χ4v) is 3.71. The van der Waals surface area contributed by atoms with Crippen LogP contribution in [0.5, 0.6) is 0 Å². The number of nitrogens with zero attached hydrogens (tertiary/aromatic N) is 2. The van der Waals surface area contributed by atoms with Gasteiger partial charge < -0.3 is 10.2 Å². The van der Waals surface area contributed by atoms with Gasteiger partial charge in [0.15, 0.2) is 0 Å². The van der Waals surface area contributed by atoms with Gasteiger partial charge in [-0.15, -0.1) is 0 Å². The molecule has 2 unspecified atom stereocenters. The minimum atomic E-state index is 0.853. The molecule has 0 aliphatic carbocycles. The van der Waals surface area contributed by atoms with Crippen molar-refractivity contribution in [2.24, 2.45) is 5.92 Å². The van der Waals surface area contributed by atoms with E-state index in [-0.39, 0.29) is 0 Å². The third kappa shape index (κ3) is 2.98. The number of pyridine rings is 1. The van der Waals surface area contributed by atoms with Crippen LogP contribution in [-0.4, -0.2) is 35.6 Å². The van der Waals surface area contributed by atoms with E-state index in [1.807, 2.05) is 13.1 Å². The lowest BCUT2D eigenvalue weighted by Crippen LogP contribution is -2.42. The fraction of sp³-hybridized carbons (Fsp3) is 0.688. The number of hydrogen-bond acceptors (Lipinski definition) is 3. The first-order valence-corrected chi connectivity index (χ1v) is 7.56. The molecule has 0 aromatic carbocycles. The largest absolute Gasteiger partial charge is 0.312 e. The quantitative estimate of drug-likeness (QED) is 0.899. The van der Waals surface area contributed by atoms with Gasteiger partial charge in [0.25, 0.3) is 0 Å². The Morgan fingerprint density at radius 2 is 2.00 bits per heavy atom. The monoisotopic (exact) mass is 259 g/mol. The van der Waals surface area contributed by atoms with Gasteiger partial charge >= 0.3 is 0 Å². The van der Waals surface area contributed by atoms with Gasteiger partial charge in [0.1, 0.15) is 0 Å². The predicted octanol–water partition coefficient (Wildman–Crippen LogP) is 2.35. The van der Waals surface area contributed by atoms with Crippen molar-refractivity contribution in [1.82, 2.24) is 15.2 Å². The number of nitrogens with one attached hydrogen (secondary N) is 1. The van der Waals surface area contributed by atoms with Crippen LogP contribution in [-0.2, 0) is 6.54 Å². The standard InChI is InChI=1S/C16H25N3/c1-12-3-4-13(11-18-12)9-17-10-14-7-15-5-6-16(8-14)19(15)2/h3-4,11,14-17H,5-10H2,1-2H3. The fourth-order valence-electron chi connectivity index (χ4n) is 3.71. The van der Waals surface area contributed by atoms with Crippen LogP contribution in [0.2, 0.25) is 0 Å². The molecule has 2 aliphatic rings. The Balaban J connectivity index is 1.45. The van der Waals surface area contributed by atoms with Crippen molar-refractivity contribution in [3.05, 3.63) is 29.6 Å². The molecule has 3 nitrogen and oxygen atoms in total. The number of aromatic nitrogens is 1. The van der Waals surface area contributed by atoms with E-state index in [0.717, 1.165) is 36.8 Å². The second-order valence-corrected chi connectivity index (χ2v) is 6.33. The molecule has 0 radical (unpaired) electrons. The molecule has 3 rings (SSSR count). The van der Waals surface area contributed by atoms with Gasteiger partial charge in [-0.25, -0.2) is 0 Å². The second kappa shape index (κ2) is 5.59. The normalized spacial score (nSPS) is 30.7. The molecule has 2 fully saturated rings. The average molecular weight is 259 g/mol. The lowest BCUT2D eigenvalue weighted by atomic mass is 9.91. The SMILES string of the molecule is Cc1ccc(CNCC2CC3CCC(C2)N3C)cn1. The van der Waals surface area contributed by atoms with E-state index in [2.05, 4.69) is 34.4 Å². The van der Waals surface area contributed by atoms with Crippen molar-refractivity contribution >= 4 is 0 Å². The van der Waals surface area contributed by atoms with Crippen molar-refractivity contribution in [2.45, 2.75) is 51.2 Å². The van der Waals surface area contributed by atoms with Gasteiger partial charge in [0.05, 0.1) is 0 Å². The van der Waals surface area contributed by atoms with Gasteiger partial charge in [-0.3, -0.25) is 4.98 Å². The summed E-state index contributed by atoms with van der Waals surface area (Å²) >= 11 is 0. The maximum Gasteiger partial charge on any atom is 0.0372 e. The van der Waals surface area contributed by atoms with E-state index >= 15 is 0 Å². The highest BCUT2D eigenvalue weighted by Gasteiger charge is 2.37. The molecule has 104 valence electrons. The van der Waals surface area contributed by atoms with E-state index in [9.17, 15) is 0 Å². The molecule has 1 aromatic heterocycles. The second-order valence-electron chi connectivity index (χ2n) is 6.33. The summed E-state index contributed by atoms with van der Waals surface area (Å²) in [7, 11) is 2.31. The third-order valence-corrected chi connectivity index (χ3v) is 4.93. The summed E-state index contributed by atoms with van der Waals surface area (Å²) in [6, 6.07) is 5.97. The van der Waals surface area contributed by atoms with Crippen LogP contribution in [0.4, 0.5) is 0 Å². The van der Waals surface area contributed by atoms with E-state index in [4.69, 9.17) is 0 Å². The minimum Gasteiger partial charge on any atom is -0.312 e. The molecule has 0 amide bonds. The summed E-state index contributed by atoms with van der Waals surface area (Å²) in [5.74, 6) is 0.868. The maximum absolute atomic E-state index is 4.34. The Kier molecular flexibility index (Phi) is 3.85. The Hall–Kier alpha value is -0.930. The lowest BCUT2D eigenvalue weighted by Gasteiger charge is -2.36. The molecule has 2 aliphatic heterocycles. The van der Waals surface area contributed by atoms with Crippen molar-refractivity contribution in [3.63, 3.8) is 0 Å². The van der Waals surface area contributed by atoms with E-state index in [1.54, 1.807) is 0 Å². The number of hydrogen-bond donors (Lipinski definition) is 1. The van der Waals surface area contributed by atoms with Crippen LogP contribution < -0.4 is 5.32 Å². The Bertz CT molecular complexity index is 401. The molecular weight excluding hydrogens is 234 g/mol. The van der Waals surface area contributed by atoms with Gasteiger partial charge in [-0.05, 0) is 63.7 Å². The molecule has 2 saturated heterocycles. The van der Waals surface area contributed by atoms with Crippen molar-refractivity contribution in [3.8, 4) is 0 Å². The van der Waals surface area contributed by atoms with Gasteiger partial charge in [0.2, 0.25) is 0 Å². The first-order valence-electron chi connectivity index (χ1n) is 7.56. The highest BCUT2D eigenvalue weighted by Crippen LogP contribution is 2.36. The maximum atomic E-state index is 4.34. The Morgan fingerprint density at radius 3 is 2.63 bits per heavy atom. The van der Waals surface area contributed by atoms with Gasteiger partial charge in [0, 0.05) is 30.5 Å². The molecular formula is C16H25N3. The summed E-state index contributed by atoms with van der Waals surface area (Å²) < 4.78 is 0.